The van der Waals surface area contributed by atoms with Crippen LogP contribution in [0.25, 0.3) is 0 Å². The lowest BCUT2D eigenvalue weighted by molar-refractivity contribution is -0.135. The zero-order valence-electron chi connectivity index (χ0n) is 11.8. The van der Waals surface area contributed by atoms with Gasteiger partial charge in [-0.15, -0.1) is 11.6 Å². The number of amides is 1. The number of benzene rings is 1. The summed E-state index contributed by atoms with van der Waals surface area (Å²) in [7, 11) is 0. The Hall–Kier alpha value is -1.26. The van der Waals surface area contributed by atoms with E-state index in [2.05, 4.69) is 4.90 Å². The lowest BCUT2D eigenvalue weighted by Gasteiger charge is -2.34. The van der Waals surface area contributed by atoms with Crippen LogP contribution in [0.4, 0.5) is 0 Å². The highest BCUT2D eigenvalue weighted by atomic mass is 35.5. The lowest BCUT2D eigenvalue weighted by Crippen LogP contribution is -2.50. The molecule has 5 heteroatoms. The lowest BCUT2D eigenvalue weighted by atomic mass is 10.2. The molecule has 0 N–H and O–H groups in total. The minimum atomic E-state index is 0.0528. The Morgan fingerprint density at radius 3 is 2.70 bits per heavy atom. The molecule has 0 aliphatic carbocycles. The van der Waals surface area contributed by atoms with Gasteiger partial charge in [0.2, 0.25) is 0 Å². The number of alkyl halides is 1. The van der Waals surface area contributed by atoms with Crippen molar-refractivity contribution in [2.24, 2.45) is 0 Å². The summed E-state index contributed by atoms with van der Waals surface area (Å²) in [5.41, 5.74) is 1.13. The van der Waals surface area contributed by atoms with E-state index in [-0.39, 0.29) is 12.5 Å². The van der Waals surface area contributed by atoms with Crippen LogP contribution < -0.4 is 4.74 Å². The third-order valence-corrected chi connectivity index (χ3v) is 3.65. The first kappa shape index (κ1) is 15.1. The van der Waals surface area contributed by atoms with Gasteiger partial charge in [-0.2, -0.15) is 0 Å². The number of carbonyl (C=O) groups excluding carboxylic acids is 1. The number of nitrogens with zero attached hydrogens (tertiary/aromatic N) is 2. The predicted octanol–water partition coefficient (Wildman–Crippen LogP) is 1.76. The van der Waals surface area contributed by atoms with Gasteiger partial charge < -0.3 is 9.64 Å². The molecule has 20 heavy (non-hydrogen) atoms. The number of carbonyl (C=O) groups is 1. The van der Waals surface area contributed by atoms with Gasteiger partial charge in [-0.3, -0.25) is 9.69 Å². The third kappa shape index (κ3) is 4.39. The molecule has 1 saturated heterocycles. The predicted molar refractivity (Wildman–Crippen MR) is 80.4 cm³/mol. The van der Waals surface area contributed by atoms with Gasteiger partial charge in [0.1, 0.15) is 5.75 Å². The molecule has 1 heterocycles. The van der Waals surface area contributed by atoms with E-state index < -0.39 is 0 Å². The molecule has 1 amide bonds. The molecule has 0 radical (unpaired) electrons. The standard InChI is InChI=1S/C15H21ClN2O2/c1-13-3-2-4-14(11-13)20-12-15(19)18-9-7-17(6-5-16)8-10-18/h2-4,11H,5-10,12H2,1H3. The van der Waals surface area contributed by atoms with Crippen molar-refractivity contribution in [3.63, 3.8) is 0 Å². The van der Waals surface area contributed by atoms with Gasteiger partial charge in [-0.05, 0) is 24.6 Å². The van der Waals surface area contributed by atoms with Crippen molar-refractivity contribution in [2.45, 2.75) is 6.92 Å². The second-order valence-electron chi connectivity index (χ2n) is 5.02. The molecule has 1 aromatic carbocycles. The van der Waals surface area contributed by atoms with E-state index in [9.17, 15) is 4.79 Å². The maximum atomic E-state index is 12.1. The molecule has 0 aromatic heterocycles. The van der Waals surface area contributed by atoms with Crippen LogP contribution in [-0.2, 0) is 4.79 Å². The van der Waals surface area contributed by atoms with Crippen LogP contribution in [-0.4, -0.2) is 60.9 Å². The third-order valence-electron chi connectivity index (χ3n) is 3.48. The number of halogens is 1. The van der Waals surface area contributed by atoms with Crippen LogP contribution in [0.15, 0.2) is 24.3 Å². The van der Waals surface area contributed by atoms with Crippen molar-refractivity contribution in [1.82, 2.24) is 9.80 Å². The summed E-state index contributed by atoms with van der Waals surface area (Å²) in [5, 5.41) is 0. The van der Waals surface area contributed by atoms with E-state index in [1.54, 1.807) is 0 Å². The van der Waals surface area contributed by atoms with Crippen LogP contribution in [0, 0.1) is 6.92 Å². The summed E-state index contributed by atoms with van der Waals surface area (Å²) >= 11 is 5.72. The van der Waals surface area contributed by atoms with Gasteiger partial charge >= 0.3 is 0 Å². The molecule has 0 spiro atoms. The Bertz CT molecular complexity index is 445. The summed E-state index contributed by atoms with van der Waals surface area (Å²) in [6.45, 7) is 6.30. The number of hydrogen-bond acceptors (Lipinski definition) is 3. The van der Waals surface area contributed by atoms with Gasteiger partial charge in [-0.1, -0.05) is 12.1 Å². The van der Waals surface area contributed by atoms with Crippen LogP contribution >= 0.6 is 11.6 Å². The Kier molecular flexibility index (Phi) is 5.68. The fraction of sp³-hybridized carbons (Fsp3) is 0.533. The second-order valence-corrected chi connectivity index (χ2v) is 5.39. The fourth-order valence-corrected chi connectivity index (χ4v) is 2.52. The van der Waals surface area contributed by atoms with Crippen LogP contribution in [0.3, 0.4) is 0 Å². The van der Waals surface area contributed by atoms with E-state index >= 15 is 0 Å². The number of aryl methyl sites for hydroxylation is 1. The zero-order valence-corrected chi connectivity index (χ0v) is 12.6. The highest BCUT2D eigenvalue weighted by molar-refractivity contribution is 6.18. The highest BCUT2D eigenvalue weighted by Gasteiger charge is 2.20. The van der Waals surface area contributed by atoms with Gasteiger partial charge in [-0.25, -0.2) is 0 Å². The van der Waals surface area contributed by atoms with E-state index in [1.807, 2.05) is 36.1 Å². The number of piperazine rings is 1. The van der Waals surface area contributed by atoms with Crippen molar-refractivity contribution < 1.29 is 9.53 Å². The average Bonchev–Trinajstić information content (AvgIpc) is 2.46. The average molecular weight is 297 g/mol. The summed E-state index contributed by atoms with van der Waals surface area (Å²) < 4.78 is 5.55. The first-order chi connectivity index (χ1) is 9.69. The molecule has 0 saturated carbocycles. The van der Waals surface area contributed by atoms with Gasteiger partial charge in [0.25, 0.3) is 5.91 Å². The van der Waals surface area contributed by atoms with Crippen molar-refractivity contribution in [2.75, 3.05) is 45.2 Å². The molecular weight excluding hydrogens is 276 g/mol. The summed E-state index contributed by atoms with van der Waals surface area (Å²) in [6.07, 6.45) is 0. The largest absolute Gasteiger partial charge is 0.484 e. The van der Waals surface area contributed by atoms with Gasteiger partial charge in [0, 0.05) is 38.6 Å². The molecule has 0 atom stereocenters. The Morgan fingerprint density at radius 1 is 1.30 bits per heavy atom. The van der Waals surface area contributed by atoms with Crippen molar-refractivity contribution in [3.05, 3.63) is 29.8 Å². The Labute approximate surface area is 125 Å². The summed E-state index contributed by atoms with van der Waals surface area (Å²) in [4.78, 5) is 16.2. The summed E-state index contributed by atoms with van der Waals surface area (Å²) in [6, 6.07) is 7.75. The molecule has 1 aliphatic rings. The van der Waals surface area contributed by atoms with Gasteiger partial charge in [0.15, 0.2) is 6.61 Å². The second kappa shape index (κ2) is 7.50. The topological polar surface area (TPSA) is 32.8 Å². The van der Waals surface area contributed by atoms with E-state index in [0.29, 0.717) is 5.88 Å². The first-order valence-corrected chi connectivity index (χ1v) is 7.48. The maximum absolute atomic E-state index is 12.1. The molecule has 1 aromatic rings. The van der Waals surface area contributed by atoms with Crippen LogP contribution in [0.5, 0.6) is 5.75 Å². The first-order valence-electron chi connectivity index (χ1n) is 6.94. The zero-order chi connectivity index (χ0) is 14.4. The monoisotopic (exact) mass is 296 g/mol. The van der Waals surface area contributed by atoms with Gasteiger partial charge in [0.05, 0.1) is 0 Å². The Balaban J connectivity index is 1.76. The number of hydrogen-bond donors (Lipinski definition) is 0. The van der Waals surface area contributed by atoms with E-state index in [0.717, 1.165) is 44.0 Å². The van der Waals surface area contributed by atoms with Crippen molar-refractivity contribution in [3.8, 4) is 5.75 Å². The molecular formula is C15H21ClN2O2. The van der Waals surface area contributed by atoms with E-state index in [1.165, 1.54) is 0 Å². The Morgan fingerprint density at radius 2 is 2.05 bits per heavy atom. The minimum Gasteiger partial charge on any atom is -0.484 e. The smallest absolute Gasteiger partial charge is 0.260 e. The molecule has 0 unspecified atom stereocenters. The maximum Gasteiger partial charge on any atom is 0.260 e. The van der Waals surface area contributed by atoms with Crippen molar-refractivity contribution >= 4 is 17.5 Å². The van der Waals surface area contributed by atoms with Crippen molar-refractivity contribution in [1.29, 1.82) is 0 Å². The normalized spacial score (nSPS) is 16.2. The molecule has 110 valence electrons. The van der Waals surface area contributed by atoms with E-state index in [4.69, 9.17) is 16.3 Å². The number of rotatable bonds is 5. The van der Waals surface area contributed by atoms with Crippen LogP contribution in [0.2, 0.25) is 0 Å². The molecule has 1 fully saturated rings. The number of ether oxygens (including phenoxy) is 1. The molecule has 1 aliphatic heterocycles. The fourth-order valence-electron chi connectivity index (χ4n) is 2.28. The summed E-state index contributed by atoms with van der Waals surface area (Å²) in [5.74, 6) is 1.45. The quantitative estimate of drug-likeness (QED) is 0.776. The molecule has 0 bridgehead atoms. The molecule has 4 nitrogen and oxygen atoms in total. The highest BCUT2D eigenvalue weighted by Crippen LogP contribution is 2.12. The molecule has 2 rings (SSSR count). The minimum absolute atomic E-state index is 0.0528. The van der Waals surface area contributed by atoms with Crippen LogP contribution in [0.1, 0.15) is 5.56 Å². The SMILES string of the molecule is Cc1cccc(OCC(=O)N2CCN(CCCl)CC2)c1.